The van der Waals surface area contributed by atoms with E-state index in [0.29, 0.717) is 25.7 Å². The number of hydrogen-bond donors (Lipinski definition) is 2. The van der Waals surface area contributed by atoms with Crippen LogP contribution in [0, 0.1) is 11.8 Å². The first kappa shape index (κ1) is 25.0. The number of nitrogens with two attached hydrogens (primary N) is 1. The molecule has 0 bridgehead atoms. The standard InChI is InChI=1S/C26H43N3O3/c1-31-16-9-17-32-25(22-12-6-3-7-13-22)23-14-8-15-29(20-23)26(30)28-24(19-27)18-21-10-4-2-5-11-21/h3,6-7,12-13,21,23-25H,2,4-5,8-11,14-20,27H2,1H3,(H,28,30)/t23-,24?,25?/m0/s1. The molecule has 0 aromatic heterocycles. The van der Waals surface area contributed by atoms with Gasteiger partial charge in [-0.2, -0.15) is 0 Å². The largest absolute Gasteiger partial charge is 0.385 e. The van der Waals surface area contributed by atoms with Gasteiger partial charge in [-0.1, -0.05) is 62.4 Å². The fourth-order valence-electron chi connectivity index (χ4n) is 5.31. The Morgan fingerprint density at radius 2 is 1.91 bits per heavy atom. The van der Waals surface area contributed by atoms with Crippen LogP contribution in [-0.2, 0) is 9.47 Å². The molecular weight excluding hydrogens is 402 g/mol. The van der Waals surface area contributed by atoms with Gasteiger partial charge in [-0.05, 0) is 37.2 Å². The summed E-state index contributed by atoms with van der Waals surface area (Å²) in [5.74, 6) is 0.990. The van der Waals surface area contributed by atoms with Crippen LogP contribution in [0.4, 0.5) is 4.79 Å². The normalized spacial score (nSPS) is 21.8. The second-order valence-electron chi connectivity index (χ2n) is 9.52. The molecule has 2 fully saturated rings. The quantitative estimate of drug-likeness (QED) is 0.492. The van der Waals surface area contributed by atoms with Gasteiger partial charge in [-0.3, -0.25) is 0 Å². The van der Waals surface area contributed by atoms with Crippen LogP contribution < -0.4 is 11.1 Å². The molecule has 2 unspecified atom stereocenters. The van der Waals surface area contributed by atoms with Gasteiger partial charge in [0.2, 0.25) is 0 Å². The molecule has 1 aromatic rings. The van der Waals surface area contributed by atoms with Crippen molar-refractivity contribution < 1.29 is 14.3 Å². The minimum Gasteiger partial charge on any atom is -0.385 e. The highest BCUT2D eigenvalue weighted by Crippen LogP contribution is 2.33. The molecule has 0 spiro atoms. The first-order chi connectivity index (χ1) is 15.7. The highest BCUT2D eigenvalue weighted by Gasteiger charge is 2.32. The van der Waals surface area contributed by atoms with Crippen molar-refractivity contribution in [3.8, 4) is 0 Å². The number of methoxy groups -OCH3 is 1. The molecule has 32 heavy (non-hydrogen) atoms. The second kappa shape index (κ2) is 13.8. The molecule has 180 valence electrons. The van der Waals surface area contributed by atoms with E-state index < -0.39 is 0 Å². The van der Waals surface area contributed by atoms with E-state index in [-0.39, 0.29) is 24.1 Å². The average molecular weight is 446 g/mol. The third-order valence-electron chi connectivity index (χ3n) is 7.05. The predicted octanol–water partition coefficient (Wildman–Crippen LogP) is 4.50. The number of benzene rings is 1. The average Bonchev–Trinajstić information content (AvgIpc) is 2.85. The molecule has 3 atom stereocenters. The summed E-state index contributed by atoms with van der Waals surface area (Å²) in [4.78, 5) is 15.1. The smallest absolute Gasteiger partial charge is 0.317 e. The maximum absolute atomic E-state index is 13.1. The number of carbonyl (C=O) groups is 1. The van der Waals surface area contributed by atoms with Crippen LogP contribution in [0.5, 0.6) is 0 Å². The van der Waals surface area contributed by atoms with Crippen LogP contribution in [0.15, 0.2) is 30.3 Å². The zero-order valence-electron chi connectivity index (χ0n) is 19.8. The molecular formula is C26H43N3O3. The molecule has 1 aliphatic carbocycles. The van der Waals surface area contributed by atoms with E-state index in [1.807, 2.05) is 11.0 Å². The lowest BCUT2D eigenvalue weighted by Crippen LogP contribution is -2.51. The van der Waals surface area contributed by atoms with E-state index in [2.05, 4.69) is 29.6 Å². The van der Waals surface area contributed by atoms with Crippen molar-refractivity contribution in [2.24, 2.45) is 17.6 Å². The van der Waals surface area contributed by atoms with Crippen molar-refractivity contribution in [2.45, 2.75) is 69.9 Å². The molecule has 2 amide bonds. The Morgan fingerprint density at radius 1 is 1.12 bits per heavy atom. The number of rotatable bonds is 11. The highest BCUT2D eigenvalue weighted by molar-refractivity contribution is 5.74. The number of nitrogens with zero attached hydrogens (tertiary/aromatic N) is 1. The summed E-state index contributed by atoms with van der Waals surface area (Å²) in [6.07, 6.45) is 10.5. The summed E-state index contributed by atoms with van der Waals surface area (Å²) in [5, 5.41) is 3.25. The lowest BCUT2D eigenvalue weighted by atomic mass is 9.85. The monoisotopic (exact) mass is 445 g/mol. The fraction of sp³-hybridized carbons (Fsp3) is 0.731. The van der Waals surface area contributed by atoms with Crippen molar-refractivity contribution in [1.82, 2.24) is 10.2 Å². The number of likely N-dealkylation sites (tertiary alicyclic amines) is 1. The molecule has 2 aliphatic rings. The zero-order valence-corrected chi connectivity index (χ0v) is 19.8. The van der Waals surface area contributed by atoms with E-state index in [1.165, 1.54) is 37.7 Å². The number of nitrogens with one attached hydrogen (secondary N) is 1. The number of ether oxygens (including phenoxy) is 2. The van der Waals surface area contributed by atoms with Crippen LogP contribution in [0.25, 0.3) is 0 Å². The summed E-state index contributed by atoms with van der Waals surface area (Å²) in [6.45, 7) is 3.38. The molecule has 1 heterocycles. The van der Waals surface area contributed by atoms with Gasteiger partial charge in [0.25, 0.3) is 0 Å². The summed E-state index contributed by atoms with van der Waals surface area (Å²) in [7, 11) is 1.72. The topological polar surface area (TPSA) is 76.8 Å². The van der Waals surface area contributed by atoms with E-state index in [4.69, 9.17) is 15.2 Å². The predicted molar refractivity (Wildman–Crippen MR) is 128 cm³/mol. The SMILES string of the molecule is COCCCOC(c1ccccc1)[C@H]1CCCN(C(=O)NC(CN)CC2CCCCC2)C1. The summed E-state index contributed by atoms with van der Waals surface area (Å²) < 4.78 is 11.5. The molecule has 1 saturated heterocycles. The minimum absolute atomic E-state index is 0.00352. The minimum atomic E-state index is -0.00352. The molecule has 6 nitrogen and oxygen atoms in total. The van der Waals surface area contributed by atoms with Gasteiger partial charge in [0.1, 0.15) is 0 Å². The Morgan fingerprint density at radius 3 is 2.62 bits per heavy atom. The number of carbonyl (C=O) groups excluding carboxylic acids is 1. The summed E-state index contributed by atoms with van der Waals surface area (Å²) >= 11 is 0. The van der Waals surface area contributed by atoms with Crippen molar-refractivity contribution >= 4 is 6.03 Å². The molecule has 1 aliphatic heterocycles. The number of urea groups is 1. The molecule has 1 saturated carbocycles. The van der Waals surface area contributed by atoms with Crippen LogP contribution in [0.1, 0.15) is 69.5 Å². The van der Waals surface area contributed by atoms with Crippen molar-refractivity contribution in [1.29, 1.82) is 0 Å². The van der Waals surface area contributed by atoms with E-state index in [9.17, 15) is 4.79 Å². The van der Waals surface area contributed by atoms with Crippen LogP contribution in [0.2, 0.25) is 0 Å². The second-order valence-corrected chi connectivity index (χ2v) is 9.52. The van der Waals surface area contributed by atoms with Crippen LogP contribution in [0.3, 0.4) is 0 Å². The van der Waals surface area contributed by atoms with Gasteiger partial charge in [0, 0.05) is 51.9 Å². The van der Waals surface area contributed by atoms with Gasteiger partial charge in [-0.15, -0.1) is 0 Å². The Hall–Kier alpha value is -1.63. The van der Waals surface area contributed by atoms with E-state index in [0.717, 1.165) is 38.8 Å². The Bertz CT molecular complexity index is 651. The molecule has 1 aromatic carbocycles. The first-order valence-electron chi connectivity index (χ1n) is 12.6. The molecule has 3 rings (SSSR count). The molecule has 3 N–H and O–H groups in total. The maximum Gasteiger partial charge on any atom is 0.317 e. The van der Waals surface area contributed by atoms with Crippen molar-refractivity contribution in [2.75, 3.05) is 40.0 Å². The van der Waals surface area contributed by atoms with E-state index in [1.54, 1.807) is 7.11 Å². The van der Waals surface area contributed by atoms with Gasteiger partial charge >= 0.3 is 6.03 Å². The molecule has 6 heteroatoms. The first-order valence-corrected chi connectivity index (χ1v) is 12.6. The van der Waals surface area contributed by atoms with Gasteiger partial charge in [-0.25, -0.2) is 4.79 Å². The Kier molecular flexibility index (Phi) is 10.8. The Labute approximate surface area is 194 Å². The highest BCUT2D eigenvalue weighted by atomic mass is 16.5. The van der Waals surface area contributed by atoms with Crippen molar-refractivity contribution in [3.05, 3.63) is 35.9 Å². The molecule has 0 radical (unpaired) electrons. The number of hydrogen-bond acceptors (Lipinski definition) is 4. The lowest BCUT2D eigenvalue weighted by Gasteiger charge is -2.38. The van der Waals surface area contributed by atoms with Gasteiger partial charge in [0.05, 0.1) is 6.10 Å². The summed E-state index contributed by atoms with van der Waals surface area (Å²) in [6, 6.07) is 10.5. The van der Waals surface area contributed by atoms with Crippen molar-refractivity contribution in [3.63, 3.8) is 0 Å². The summed E-state index contributed by atoms with van der Waals surface area (Å²) in [5.41, 5.74) is 7.22. The van der Waals surface area contributed by atoms with Gasteiger partial charge < -0.3 is 25.4 Å². The van der Waals surface area contributed by atoms with Crippen LogP contribution in [-0.4, -0.2) is 56.9 Å². The lowest BCUT2D eigenvalue weighted by molar-refractivity contribution is -0.0167. The third kappa shape index (κ3) is 7.75. The van der Waals surface area contributed by atoms with Crippen LogP contribution >= 0.6 is 0 Å². The Balaban J connectivity index is 1.57. The zero-order chi connectivity index (χ0) is 22.6. The third-order valence-corrected chi connectivity index (χ3v) is 7.05. The van der Waals surface area contributed by atoms with E-state index >= 15 is 0 Å². The number of piperidine rings is 1. The number of amides is 2. The maximum atomic E-state index is 13.1. The van der Waals surface area contributed by atoms with Gasteiger partial charge in [0.15, 0.2) is 0 Å². The fourth-order valence-corrected chi connectivity index (χ4v) is 5.31.